The molecule has 2 rings (SSSR count). The first-order valence-electron chi connectivity index (χ1n) is 15.5. The second-order valence-corrected chi connectivity index (χ2v) is 10.7. The Morgan fingerprint density at radius 1 is 0.571 bits per heavy atom. The zero-order valence-electron chi connectivity index (χ0n) is 23.5. The van der Waals surface area contributed by atoms with Gasteiger partial charge >= 0.3 is 0 Å². The third-order valence-corrected chi connectivity index (χ3v) is 7.55. The largest absolute Gasteiger partial charge is 0.256 e. The Kier molecular flexibility index (Phi) is 17.5. The van der Waals surface area contributed by atoms with Gasteiger partial charge in [-0.25, -0.2) is 9.13 Å². The summed E-state index contributed by atoms with van der Waals surface area (Å²) in [5.74, 6) is 1.57. The molecule has 0 saturated carbocycles. The predicted molar refractivity (Wildman–Crippen MR) is 153 cm³/mol. The van der Waals surface area contributed by atoms with Gasteiger partial charge in [-0.15, -0.1) is 0 Å². The summed E-state index contributed by atoms with van der Waals surface area (Å²) in [5, 5.41) is 0. The highest BCUT2D eigenvalue weighted by atomic mass is 15.1. The molecule has 1 aromatic carbocycles. The Labute approximate surface area is 218 Å². The molecule has 0 saturated heterocycles. The number of hydrogen-bond acceptors (Lipinski definition) is 0. The van der Waals surface area contributed by atoms with Crippen LogP contribution in [0.25, 0.3) is 0 Å². The van der Waals surface area contributed by atoms with Crippen molar-refractivity contribution in [1.29, 1.82) is 0 Å². The molecule has 1 aromatic heterocycles. The highest BCUT2D eigenvalue weighted by molar-refractivity contribution is 5.14. The minimum atomic E-state index is 1.14. The fourth-order valence-electron chi connectivity index (χ4n) is 5.30. The van der Waals surface area contributed by atoms with Crippen molar-refractivity contribution in [3.8, 4) is 0 Å². The van der Waals surface area contributed by atoms with Crippen molar-refractivity contribution in [3.63, 3.8) is 0 Å². The second kappa shape index (κ2) is 20.6. The SMILES string of the molecule is CCCCCCCCCCCc1n(CCCCCCCCCC)cc[n+]1CCCc1ccccc1. The number of aryl methyl sites for hydroxylation is 3. The Balaban J connectivity index is 1.75. The number of benzene rings is 1. The van der Waals surface area contributed by atoms with E-state index in [4.69, 9.17) is 0 Å². The summed E-state index contributed by atoms with van der Waals surface area (Å²) in [6, 6.07) is 11.0. The third kappa shape index (κ3) is 13.9. The maximum Gasteiger partial charge on any atom is 0.256 e. The molecule has 0 fully saturated rings. The minimum absolute atomic E-state index is 1.14. The normalized spacial score (nSPS) is 11.4. The molecule has 0 bridgehead atoms. The third-order valence-electron chi connectivity index (χ3n) is 7.55. The van der Waals surface area contributed by atoms with E-state index in [-0.39, 0.29) is 0 Å². The zero-order chi connectivity index (χ0) is 24.8. The smallest absolute Gasteiger partial charge is 0.234 e. The first-order chi connectivity index (χ1) is 17.3. The van der Waals surface area contributed by atoms with Gasteiger partial charge in [0.15, 0.2) is 0 Å². The molecule has 2 nitrogen and oxygen atoms in total. The second-order valence-electron chi connectivity index (χ2n) is 10.7. The summed E-state index contributed by atoms with van der Waals surface area (Å²) < 4.78 is 5.16. The first-order valence-corrected chi connectivity index (χ1v) is 15.5. The number of aromatic nitrogens is 2. The summed E-state index contributed by atoms with van der Waals surface area (Å²) in [4.78, 5) is 0. The summed E-state index contributed by atoms with van der Waals surface area (Å²) >= 11 is 0. The van der Waals surface area contributed by atoms with Gasteiger partial charge in [-0.3, -0.25) is 0 Å². The average Bonchev–Trinajstić information content (AvgIpc) is 3.26. The summed E-state index contributed by atoms with van der Waals surface area (Å²) in [7, 11) is 0. The summed E-state index contributed by atoms with van der Waals surface area (Å²) in [6.07, 6.45) is 32.2. The topological polar surface area (TPSA) is 8.81 Å². The van der Waals surface area contributed by atoms with Crippen LogP contribution in [-0.2, 0) is 25.9 Å². The number of rotatable bonds is 23. The van der Waals surface area contributed by atoms with E-state index in [1.807, 2.05) is 0 Å². The average molecular weight is 482 g/mol. The van der Waals surface area contributed by atoms with Crippen LogP contribution < -0.4 is 4.57 Å². The van der Waals surface area contributed by atoms with Crippen molar-refractivity contribution >= 4 is 0 Å². The molecule has 35 heavy (non-hydrogen) atoms. The van der Waals surface area contributed by atoms with E-state index in [1.165, 1.54) is 141 Å². The first kappa shape index (κ1) is 29.7. The van der Waals surface area contributed by atoms with E-state index < -0.39 is 0 Å². The Morgan fingerprint density at radius 2 is 1.11 bits per heavy atom. The molecule has 0 aliphatic carbocycles. The van der Waals surface area contributed by atoms with Crippen molar-refractivity contribution in [2.75, 3.05) is 0 Å². The molecule has 0 N–H and O–H groups in total. The number of imidazole rings is 1. The van der Waals surface area contributed by atoms with Crippen LogP contribution in [0.15, 0.2) is 42.7 Å². The van der Waals surface area contributed by atoms with Gasteiger partial charge in [-0.2, -0.15) is 0 Å². The molecule has 0 radical (unpaired) electrons. The number of nitrogens with zero attached hydrogens (tertiary/aromatic N) is 2. The molecule has 0 aliphatic heterocycles. The van der Waals surface area contributed by atoms with Gasteiger partial charge in [0.2, 0.25) is 0 Å². The van der Waals surface area contributed by atoms with E-state index in [2.05, 4.69) is 65.7 Å². The standard InChI is InChI=1S/C33H57N2/c1-3-5-7-9-11-13-14-16-21-27-33-34(28-22-17-15-12-10-8-6-4-2)30-31-35(33)29-23-26-32-24-19-18-20-25-32/h18-20,24-25,30-31H,3-17,21-23,26-29H2,1-2H3/q+1. The van der Waals surface area contributed by atoms with Gasteiger partial charge < -0.3 is 0 Å². The van der Waals surface area contributed by atoms with Crippen LogP contribution in [-0.4, -0.2) is 4.57 Å². The molecule has 2 aromatic rings. The molecular formula is C33H57N2+. The Morgan fingerprint density at radius 3 is 1.71 bits per heavy atom. The Hall–Kier alpha value is -1.57. The van der Waals surface area contributed by atoms with Gasteiger partial charge in [-0.05, 0) is 37.7 Å². The van der Waals surface area contributed by atoms with Gasteiger partial charge in [-0.1, -0.05) is 134 Å². The van der Waals surface area contributed by atoms with Crippen LogP contribution in [0.3, 0.4) is 0 Å². The van der Waals surface area contributed by atoms with E-state index in [0.717, 1.165) is 6.54 Å². The maximum absolute atomic E-state index is 2.59. The van der Waals surface area contributed by atoms with Crippen LogP contribution >= 0.6 is 0 Å². The molecule has 1 heterocycles. The van der Waals surface area contributed by atoms with Crippen molar-refractivity contribution in [1.82, 2.24) is 4.57 Å². The molecular weight excluding hydrogens is 424 g/mol. The van der Waals surface area contributed by atoms with Crippen molar-refractivity contribution in [3.05, 3.63) is 54.1 Å². The van der Waals surface area contributed by atoms with Crippen LogP contribution in [0.4, 0.5) is 0 Å². The molecule has 2 heteroatoms. The molecule has 198 valence electrons. The summed E-state index contributed by atoms with van der Waals surface area (Å²) in [5.41, 5.74) is 1.46. The van der Waals surface area contributed by atoms with Crippen molar-refractivity contribution in [2.45, 2.75) is 155 Å². The van der Waals surface area contributed by atoms with E-state index in [0.29, 0.717) is 0 Å². The lowest BCUT2D eigenvalue weighted by molar-refractivity contribution is -0.704. The lowest BCUT2D eigenvalue weighted by atomic mass is 10.1. The van der Waals surface area contributed by atoms with Crippen molar-refractivity contribution < 1.29 is 4.57 Å². The van der Waals surface area contributed by atoms with Crippen LogP contribution in [0, 0.1) is 0 Å². The van der Waals surface area contributed by atoms with Crippen LogP contribution in [0.1, 0.15) is 141 Å². The summed E-state index contributed by atoms with van der Waals surface area (Å²) in [6.45, 7) is 6.95. The fourth-order valence-corrected chi connectivity index (χ4v) is 5.30. The molecule has 0 atom stereocenters. The maximum atomic E-state index is 2.59. The van der Waals surface area contributed by atoms with Gasteiger partial charge in [0.1, 0.15) is 12.4 Å². The van der Waals surface area contributed by atoms with Crippen molar-refractivity contribution in [2.24, 2.45) is 0 Å². The monoisotopic (exact) mass is 481 g/mol. The molecule has 0 amide bonds. The van der Waals surface area contributed by atoms with Gasteiger partial charge in [0.25, 0.3) is 5.82 Å². The van der Waals surface area contributed by atoms with Crippen LogP contribution in [0.5, 0.6) is 0 Å². The predicted octanol–water partition coefficient (Wildman–Crippen LogP) is 9.62. The highest BCUT2D eigenvalue weighted by Crippen LogP contribution is 2.13. The van der Waals surface area contributed by atoms with E-state index in [9.17, 15) is 0 Å². The van der Waals surface area contributed by atoms with Gasteiger partial charge in [0, 0.05) is 6.42 Å². The highest BCUT2D eigenvalue weighted by Gasteiger charge is 2.16. The quantitative estimate of drug-likeness (QED) is 0.110. The minimum Gasteiger partial charge on any atom is -0.234 e. The molecule has 0 spiro atoms. The fraction of sp³-hybridized carbons (Fsp3) is 0.727. The Bertz CT molecular complexity index is 718. The lowest BCUT2D eigenvalue weighted by Gasteiger charge is -2.07. The van der Waals surface area contributed by atoms with E-state index >= 15 is 0 Å². The zero-order valence-corrected chi connectivity index (χ0v) is 23.5. The van der Waals surface area contributed by atoms with E-state index in [1.54, 1.807) is 5.82 Å². The van der Waals surface area contributed by atoms with Crippen LogP contribution in [0.2, 0.25) is 0 Å². The van der Waals surface area contributed by atoms with Gasteiger partial charge in [0.05, 0.1) is 13.1 Å². The number of unbranched alkanes of at least 4 members (excludes halogenated alkanes) is 15. The molecule has 0 aliphatic rings. The molecule has 0 unspecified atom stereocenters. The lowest BCUT2D eigenvalue weighted by Crippen LogP contribution is -2.37. The number of hydrogen-bond donors (Lipinski definition) is 0.